The molecule has 4 saturated carbocycles. The minimum atomic E-state index is -0.157. The van der Waals surface area contributed by atoms with Gasteiger partial charge in [0.15, 0.2) is 4.32 Å². The second kappa shape index (κ2) is 8.55. The number of anilines is 1. The lowest BCUT2D eigenvalue weighted by atomic mass is 9.48. The summed E-state index contributed by atoms with van der Waals surface area (Å²) < 4.78 is 6.17. The first-order chi connectivity index (χ1) is 16.3. The van der Waals surface area contributed by atoms with E-state index in [4.69, 9.17) is 40.2 Å². The lowest BCUT2D eigenvalue weighted by molar-refractivity contribution is -0.113. The Hall–Kier alpha value is -1.53. The van der Waals surface area contributed by atoms with E-state index in [0.29, 0.717) is 25.0 Å². The number of halogens is 2. The molecule has 4 bridgehead atoms. The van der Waals surface area contributed by atoms with Gasteiger partial charge in [-0.05, 0) is 104 Å². The van der Waals surface area contributed by atoms with Crippen molar-refractivity contribution < 1.29 is 9.53 Å². The number of carbonyl (C=O) groups is 1. The van der Waals surface area contributed by atoms with Gasteiger partial charge in [0.1, 0.15) is 5.75 Å². The van der Waals surface area contributed by atoms with Gasteiger partial charge < -0.3 is 4.74 Å². The number of amides is 1. The molecule has 0 N–H and O–H groups in total. The van der Waals surface area contributed by atoms with E-state index < -0.39 is 0 Å². The van der Waals surface area contributed by atoms with Gasteiger partial charge in [-0.15, -0.1) is 0 Å². The molecular weight excluding hydrogens is 505 g/mol. The van der Waals surface area contributed by atoms with Crippen LogP contribution in [0.1, 0.15) is 49.7 Å². The molecule has 4 aliphatic carbocycles. The van der Waals surface area contributed by atoms with Gasteiger partial charge in [0, 0.05) is 5.56 Å². The maximum atomic E-state index is 13.4. The maximum Gasteiger partial charge on any atom is 0.270 e. The van der Waals surface area contributed by atoms with Crippen LogP contribution in [-0.2, 0) is 10.2 Å². The number of methoxy groups -OCH3 is 1. The van der Waals surface area contributed by atoms with E-state index in [1.807, 2.05) is 6.08 Å². The third-order valence-corrected chi connectivity index (χ3v) is 10.2. The number of benzene rings is 2. The fraction of sp³-hybridized carbons (Fsp3) is 0.407. The van der Waals surface area contributed by atoms with E-state index >= 15 is 0 Å². The number of thioether (sulfide) groups is 1. The third-order valence-electron chi connectivity index (χ3n) is 8.12. The van der Waals surface area contributed by atoms with Crippen molar-refractivity contribution >= 4 is 69.2 Å². The zero-order valence-corrected chi connectivity index (χ0v) is 22.0. The average molecular weight is 531 g/mol. The summed E-state index contributed by atoms with van der Waals surface area (Å²) in [6, 6.07) is 11.7. The second-order valence-corrected chi connectivity index (χ2v) is 12.8. The molecule has 0 unspecified atom stereocenters. The molecule has 1 amide bonds. The molecule has 0 radical (unpaired) electrons. The molecule has 2 aromatic rings. The Morgan fingerprint density at radius 1 is 1.03 bits per heavy atom. The summed E-state index contributed by atoms with van der Waals surface area (Å²) >= 11 is 19.1. The highest BCUT2D eigenvalue weighted by Crippen LogP contribution is 2.61. The molecule has 2 aromatic carbocycles. The van der Waals surface area contributed by atoms with E-state index in [-0.39, 0.29) is 11.3 Å². The summed E-state index contributed by atoms with van der Waals surface area (Å²) in [5.41, 5.74) is 3.24. The largest absolute Gasteiger partial charge is 0.496 e. The van der Waals surface area contributed by atoms with Crippen molar-refractivity contribution in [1.29, 1.82) is 0 Å². The summed E-state index contributed by atoms with van der Waals surface area (Å²) in [5, 5.41) is 0.833. The summed E-state index contributed by atoms with van der Waals surface area (Å²) in [5.74, 6) is 3.24. The Morgan fingerprint density at radius 3 is 2.32 bits per heavy atom. The minimum Gasteiger partial charge on any atom is -0.496 e. The van der Waals surface area contributed by atoms with Crippen molar-refractivity contribution in [2.75, 3.05) is 12.0 Å². The number of nitrogens with zero attached hydrogens (tertiary/aromatic N) is 1. The summed E-state index contributed by atoms with van der Waals surface area (Å²) in [6.45, 7) is 0. The third kappa shape index (κ3) is 3.80. The Balaban J connectivity index is 1.35. The molecule has 34 heavy (non-hydrogen) atoms. The van der Waals surface area contributed by atoms with Gasteiger partial charge in [0.05, 0.1) is 27.7 Å². The smallest absolute Gasteiger partial charge is 0.270 e. The number of rotatable bonds is 4. The monoisotopic (exact) mass is 529 g/mol. The van der Waals surface area contributed by atoms with E-state index in [1.54, 1.807) is 25.3 Å². The van der Waals surface area contributed by atoms with E-state index in [2.05, 4.69) is 18.2 Å². The van der Waals surface area contributed by atoms with E-state index in [1.165, 1.54) is 60.8 Å². The molecule has 176 valence electrons. The quantitative estimate of drug-likeness (QED) is 0.297. The first-order valence-electron chi connectivity index (χ1n) is 11.8. The lowest BCUT2D eigenvalue weighted by Gasteiger charge is -2.57. The molecule has 1 saturated heterocycles. The van der Waals surface area contributed by atoms with Crippen molar-refractivity contribution in [3.8, 4) is 5.75 Å². The van der Waals surface area contributed by atoms with Crippen LogP contribution in [0.5, 0.6) is 5.75 Å². The highest BCUT2D eigenvalue weighted by Gasteiger charge is 2.51. The Kier molecular flexibility index (Phi) is 5.76. The first kappa shape index (κ1) is 22.9. The highest BCUT2D eigenvalue weighted by atomic mass is 35.5. The van der Waals surface area contributed by atoms with Crippen LogP contribution in [0.2, 0.25) is 10.0 Å². The molecule has 7 heteroatoms. The molecule has 1 aliphatic heterocycles. The summed E-state index contributed by atoms with van der Waals surface area (Å²) in [4.78, 5) is 15.5. The van der Waals surface area contributed by atoms with Gasteiger partial charge in [0.25, 0.3) is 5.91 Å². The van der Waals surface area contributed by atoms with E-state index in [9.17, 15) is 4.79 Å². The van der Waals surface area contributed by atoms with Crippen LogP contribution in [-0.4, -0.2) is 17.3 Å². The van der Waals surface area contributed by atoms with Crippen LogP contribution in [0.25, 0.3) is 6.08 Å². The zero-order chi connectivity index (χ0) is 23.6. The topological polar surface area (TPSA) is 29.5 Å². The lowest BCUT2D eigenvalue weighted by Crippen LogP contribution is -2.48. The summed E-state index contributed by atoms with van der Waals surface area (Å²) in [6.07, 6.45) is 10.1. The normalized spacial score (nSPS) is 31.1. The van der Waals surface area contributed by atoms with Gasteiger partial charge in [0.2, 0.25) is 0 Å². The van der Waals surface area contributed by atoms with Gasteiger partial charge in [-0.25, -0.2) is 0 Å². The minimum absolute atomic E-state index is 0.157. The predicted octanol–water partition coefficient (Wildman–Crippen LogP) is 7.88. The molecular formula is C27H25Cl2NO2S2. The molecule has 1 heterocycles. The van der Waals surface area contributed by atoms with Gasteiger partial charge in [-0.2, -0.15) is 0 Å². The van der Waals surface area contributed by atoms with Crippen LogP contribution >= 0.6 is 47.2 Å². The number of carbonyl (C=O) groups excluding carboxylic acids is 1. The standard InChI is InChI=1S/C27H25Cl2NO2S2/c1-32-23-5-2-19(27-12-15-6-16(13-27)8-17(7-15)14-27)9-18(23)10-24-25(31)30(26(33)34-24)20-3-4-21(28)22(29)11-20/h2-5,9-11,15-17H,6-8,12-14H2,1H3/b24-10-. The molecule has 7 rings (SSSR count). The van der Waals surface area contributed by atoms with Crippen LogP contribution in [0.3, 0.4) is 0 Å². The van der Waals surface area contributed by atoms with Crippen molar-refractivity contribution in [3.05, 3.63) is 62.5 Å². The van der Waals surface area contributed by atoms with Gasteiger partial charge >= 0.3 is 0 Å². The Morgan fingerprint density at radius 2 is 1.71 bits per heavy atom. The van der Waals surface area contributed by atoms with Crippen molar-refractivity contribution in [3.63, 3.8) is 0 Å². The number of ether oxygens (including phenoxy) is 1. The SMILES string of the molecule is COc1ccc(C23CC4CC(CC(C4)C2)C3)cc1/C=C1\SC(=S)N(c2ccc(Cl)c(Cl)c2)C1=O. The van der Waals surface area contributed by atoms with Gasteiger partial charge in [-0.3, -0.25) is 9.69 Å². The molecule has 3 nitrogen and oxygen atoms in total. The zero-order valence-electron chi connectivity index (χ0n) is 18.9. The average Bonchev–Trinajstić information content (AvgIpc) is 3.07. The summed E-state index contributed by atoms with van der Waals surface area (Å²) in [7, 11) is 1.68. The van der Waals surface area contributed by atoms with Crippen molar-refractivity contribution in [2.45, 2.75) is 43.9 Å². The van der Waals surface area contributed by atoms with E-state index in [0.717, 1.165) is 29.1 Å². The maximum absolute atomic E-state index is 13.4. The highest BCUT2D eigenvalue weighted by molar-refractivity contribution is 8.27. The van der Waals surface area contributed by atoms with Crippen LogP contribution in [0, 0.1) is 17.8 Å². The number of hydrogen-bond donors (Lipinski definition) is 0. The van der Waals surface area contributed by atoms with Crippen molar-refractivity contribution in [2.24, 2.45) is 17.8 Å². The second-order valence-electron chi connectivity index (χ2n) is 10.3. The molecule has 5 fully saturated rings. The first-order valence-corrected chi connectivity index (χ1v) is 13.7. The number of thiocarbonyl (C=S) groups is 1. The number of hydrogen-bond acceptors (Lipinski definition) is 4. The Labute approximate surface area is 219 Å². The predicted molar refractivity (Wildman–Crippen MR) is 145 cm³/mol. The molecule has 0 spiro atoms. The van der Waals surface area contributed by atoms with Crippen LogP contribution in [0.4, 0.5) is 5.69 Å². The molecule has 0 atom stereocenters. The van der Waals surface area contributed by atoms with Gasteiger partial charge in [-0.1, -0.05) is 53.2 Å². The molecule has 5 aliphatic rings. The molecule has 0 aromatic heterocycles. The Bertz CT molecular complexity index is 1210. The fourth-order valence-corrected chi connectivity index (χ4v) is 8.68. The van der Waals surface area contributed by atoms with Crippen molar-refractivity contribution in [1.82, 2.24) is 0 Å². The van der Waals surface area contributed by atoms with Crippen LogP contribution in [0.15, 0.2) is 41.3 Å². The van der Waals surface area contributed by atoms with Crippen LogP contribution < -0.4 is 9.64 Å². The fourth-order valence-electron chi connectivity index (χ4n) is 7.10.